The van der Waals surface area contributed by atoms with E-state index >= 15 is 0 Å². The van der Waals surface area contributed by atoms with E-state index in [1.807, 2.05) is 12.1 Å². The van der Waals surface area contributed by atoms with Crippen molar-refractivity contribution in [3.63, 3.8) is 0 Å². The van der Waals surface area contributed by atoms with Gasteiger partial charge in [-0.1, -0.05) is 6.07 Å². The van der Waals surface area contributed by atoms with Gasteiger partial charge in [0.05, 0.1) is 14.2 Å². The Balaban J connectivity index is 2.20. The van der Waals surface area contributed by atoms with Crippen LogP contribution in [0.1, 0.15) is 25.3 Å². The lowest BCUT2D eigenvalue weighted by atomic mass is 9.91. The molecule has 94 valence electrons. The van der Waals surface area contributed by atoms with Gasteiger partial charge >= 0.3 is 0 Å². The van der Waals surface area contributed by atoms with Crippen LogP contribution in [0.25, 0.3) is 0 Å². The zero-order valence-corrected chi connectivity index (χ0v) is 10.9. The Morgan fingerprint density at radius 3 is 2.71 bits per heavy atom. The van der Waals surface area contributed by atoms with Gasteiger partial charge < -0.3 is 14.8 Å². The minimum atomic E-state index is 0.210. The summed E-state index contributed by atoms with van der Waals surface area (Å²) in [4.78, 5) is 0. The number of hydrogen-bond acceptors (Lipinski definition) is 3. The maximum atomic E-state index is 5.44. The molecule has 1 aromatic carbocycles. The fourth-order valence-corrected chi connectivity index (χ4v) is 2.53. The molecule has 0 aliphatic carbocycles. The second-order valence-corrected chi connectivity index (χ2v) is 4.95. The summed E-state index contributed by atoms with van der Waals surface area (Å²) in [6.45, 7) is 3.40. The van der Waals surface area contributed by atoms with Gasteiger partial charge in [0, 0.05) is 11.6 Å². The fraction of sp³-hybridized carbons (Fsp3) is 0.571. The van der Waals surface area contributed by atoms with Crippen LogP contribution in [0.15, 0.2) is 18.2 Å². The fourth-order valence-electron chi connectivity index (χ4n) is 2.53. The highest BCUT2D eigenvalue weighted by Crippen LogP contribution is 2.30. The van der Waals surface area contributed by atoms with Gasteiger partial charge in [0.2, 0.25) is 0 Å². The molecular formula is C14H21NO2. The van der Waals surface area contributed by atoms with E-state index in [1.54, 1.807) is 14.2 Å². The van der Waals surface area contributed by atoms with Crippen molar-refractivity contribution in [2.45, 2.75) is 31.7 Å². The summed E-state index contributed by atoms with van der Waals surface area (Å²) in [5.74, 6) is 1.76. The van der Waals surface area contributed by atoms with Gasteiger partial charge in [0.15, 0.2) is 0 Å². The molecule has 0 saturated carbocycles. The first kappa shape index (κ1) is 12.2. The molecule has 1 heterocycles. The minimum Gasteiger partial charge on any atom is -0.497 e. The van der Waals surface area contributed by atoms with Crippen LogP contribution in [0.2, 0.25) is 0 Å². The summed E-state index contributed by atoms with van der Waals surface area (Å²) in [5, 5.41) is 3.57. The molecule has 0 amide bonds. The Morgan fingerprint density at radius 2 is 2.12 bits per heavy atom. The predicted octanol–water partition coefficient (Wildman–Crippen LogP) is 2.39. The molecule has 1 fully saturated rings. The van der Waals surface area contributed by atoms with E-state index in [0.29, 0.717) is 0 Å². The normalized spacial score (nSPS) is 23.7. The highest BCUT2D eigenvalue weighted by atomic mass is 16.5. The van der Waals surface area contributed by atoms with Crippen LogP contribution in [-0.2, 0) is 6.42 Å². The van der Waals surface area contributed by atoms with Crippen molar-refractivity contribution in [2.24, 2.45) is 0 Å². The lowest BCUT2D eigenvalue weighted by molar-refractivity contribution is 0.374. The molecular weight excluding hydrogens is 214 g/mol. The van der Waals surface area contributed by atoms with Gasteiger partial charge in [0.25, 0.3) is 0 Å². The van der Waals surface area contributed by atoms with Crippen LogP contribution < -0.4 is 14.8 Å². The van der Waals surface area contributed by atoms with Crippen LogP contribution in [0, 0.1) is 0 Å². The molecule has 0 aromatic heterocycles. The number of hydrogen-bond donors (Lipinski definition) is 1. The lowest BCUT2D eigenvalue weighted by Gasteiger charge is -2.25. The minimum absolute atomic E-state index is 0.210. The van der Waals surface area contributed by atoms with Gasteiger partial charge in [-0.3, -0.25) is 0 Å². The van der Waals surface area contributed by atoms with E-state index in [4.69, 9.17) is 9.47 Å². The lowest BCUT2D eigenvalue weighted by Crippen LogP contribution is -2.38. The third-order valence-electron chi connectivity index (χ3n) is 3.53. The average molecular weight is 235 g/mol. The molecule has 1 aliphatic heterocycles. The van der Waals surface area contributed by atoms with Crippen molar-refractivity contribution in [3.8, 4) is 11.5 Å². The van der Waals surface area contributed by atoms with Gasteiger partial charge in [-0.15, -0.1) is 0 Å². The zero-order valence-electron chi connectivity index (χ0n) is 10.9. The van der Waals surface area contributed by atoms with E-state index in [9.17, 15) is 0 Å². The Kier molecular flexibility index (Phi) is 3.57. The molecule has 2 rings (SSSR count). The van der Waals surface area contributed by atoms with Crippen molar-refractivity contribution >= 4 is 0 Å². The SMILES string of the molecule is COc1ccc(CC2(C)CCCN2)c(OC)c1. The third kappa shape index (κ3) is 2.72. The number of nitrogens with one attached hydrogen (secondary N) is 1. The summed E-state index contributed by atoms with van der Waals surface area (Å²) >= 11 is 0. The van der Waals surface area contributed by atoms with Crippen LogP contribution in [0.3, 0.4) is 0 Å². The largest absolute Gasteiger partial charge is 0.497 e. The number of rotatable bonds is 4. The number of methoxy groups -OCH3 is 2. The number of ether oxygens (including phenoxy) is 2. The van der Waals surface area contributed by atoms with Crippen LogP contribution >= 0.6 is 0 Å². The number of benzene rings is 1. The average Bonchev–Trinajstić information content (AvgIpc) is 2.76. The van der Waals surface area contributed by atoms with Crippen LogP contribution in [0.4, 0.5) is 0 Å². The molecule has 1 atom stereocenters. The molecule has 17 heavy (non-hydrogen) atoms. The van der Waals surface area contributed by atoms with Crippen molar-refractivity contribution < 1.29 is 9.47 Å². The highest BCUT2D eigenvalue weighted by Gasteiger charge is 2.29. The van der Waals surface area contributed by atoms with Crippen molar-refractivity contribution in [1.29, 1.82) is 0 Å². The first-order valence-corrected chi connectivity index (χ1v) is 6.13. The van der Waals surface area contributed by atoms with Crippen molar-refractivity contribution in [1.82, 2.24) is 5.32 Å². The van der Waals surface area contributed by atoms with E-state index in [0.717, 1.165) is 24.5 Å². The van der Waals surface area contributed by atoms with E-state index in [2.05, 4.69) is 18.3 Å². The molecule has 3 nitrogen and oxygen atoms in total. The molecule has 0 bridgehead atoms. The molecule has 1 N–H and O–H groups in total. The smallest absolute Gasteiger partial charge is 0.125 e. The summed E-state index contributed by atoms with van der Waals surface area (Å²) < 4.78 is 10.6. The molecule has 1 saturated heterocycles. The zero-order chi connectivity index (χ0) is 12.3. The molecule has 0 spiro atoms. The monoisotopic (exact) mass is 235 g/mol. The molecule has 1 aromatic rings. The van der Waals surface area contributed by atoms with Crippen molar-refractivity contribution in [2.75, 3.05) is 20.8 Å². The second-order valence-electron chi connectivity index (χ2n) is 4.95. The Labute approximate surface area is 103 Å². The summed E-state index contributed by atoms with van der Waals surface area (Å²) in [6.07, 6.45) is 3.48. The molecule has 1 aliphatic rings. The van der Waals surface area contributed by atoms with Crippen molar-refractivity contribution in [3.05, 3.63) is 23.8 Å². The van der Waals surface area contributed by atoms with E-state index in [1.165, 1.54) is 18.4 Å². The van der Waals surface area contributed by atoms with Crippen LogP contribution in [0.5, 0.6) is 11.5 Å². The molecule has 1 unspecified atom stereocenters. The van der Waals surface area contributed by atoms with Crippen LogP contribution in [-0.4, -0.2) is 26.3 Å². The predicted molar refractivity (Wildman–Crippen MR) is 68.9 cm³/mol. The first-order chi connectivity index (χ1) is 8.17. The topological polar surface area (TPSA) is 30.5 Å². The Bertz CT molecular complexity index is 384. The quantitative estimate of drug-likeness (QED) is 0.869. The highest BCUT2D eigenvalue weighted by molar-refractivity contribution is 5.41. The van der Waals surface area contributed by atoms with Gasteiger partial charge in [-0.05, 0) is 44.4 Å². The molecule has 0 radical (unpaired) electrons. The Morgan fingerprint density at radius 1 is 1.29 bits per heavy atom. The second kappa shape index (κ2) is 4.96. The van der Waals surface area contributed by atoms with Gasteiger partial charge in [-0.2, -0.15) is 0 Å². The van der Waals surface area contributed by atoms with E-state index in [-0.39, 0.29) is 5.54 Å². The first-order valence-electron chi connectivity index (χ1n) is 6.13. The summed E-state index contributed by atoms with van der Waals surface area (Å²) in [6, 6.07) is 6.05. The molecule has 3 heteroatoms. The van der Waals surface area contributed by atoms with Gasteiger partial charge in [-0.25, -0.2) is 0 Å². The summed E-state index contributed by atoms with van der Waals surface area (Å²) in [7, 11) is 3.39. The Hall–Kier alpha value is -1.22. The standard InChI is InChI=1S/C14H21NO2/c1-14(7-4-8-15-14)10-11-5-6-12(16-2)9-13(11)17-3/h5-6,9,15H,4,7-8,10H2,1-3H3. The third-order valence-corrected chi connectivity index (χ3v) is 3.53. The maximum Gasteiger partial charge on any atom is 0.125 e. The van der Waals surface area contributed by atoms with Gasteiger partial charge in [0.1, 0.15) is 11.5 Å². The van der Waals surface area contributed by atoms with E-state index < -0.39 is 0 Å². The maximum absolute atomic E-state index is 5.44. The summed E-state index contributed by atoms with van der Waals surface area (Å²) in [5.41, 5.74) is 1.45.